The summed E-state index contributed by atoms with van der Waals surface area (Å²) in [6.45, 7) is 8.03. The minimum absolute atomic E-state index is 0.119. The summed E-state index contributed by atoms with van der Waals surface area (Å²) >= 11 is 0. The van der Waals surface area contributed by atoms with E-state index in [-0.39, 0.29) is 12.5 Å². The average molecular weight is 409 g/mol. The van der Waals surface area contributed by atoms with Gasteiger partial charge in [0.25, 0.3) is 5.91 Å². The molecule has 0 radical (unpaired) electrons. The first-order chi connectivity index (χ1) is 14.4. The summed E-state index contributed by atoms with van der Waals surface area (Å²) in [4.78, 5) is 16.8. The van der Waals surface area contributed by atoms with Crippen LogP contribution in [0.15, 0.2) is 47.0 Å². The fraction of sp³-hybridized carbons (Fsp3) is 0.348. The Labute approximate surface area is 176 Å². The predicted octanol–water partition coefficient (Wildman–Crippen LogP) is 4.26. The fourth-order valence-corrected chi connectivity index (χ4v) is 2.98. The number of methoxy groups -OCH3 is 1. The molecule has 0 spiro atoms. The Kier molecular flexibility index (Phi) is 6.72. The van der Waals surface area contributed by atoms with Crippen molar-refractivity contribution < 1.29 is 18.8 Å². The summed E-state index contributed by atoms with van der Waals surface area (Å²) in [5.41, 5.74) is 2.92. The SMILES string of the molecule is COc1cccc(-c2noc(CNC(=O)[C@H](C)Oc3cc(C)ccc3C(C)C)n2)c1. The predicted molar refractivity (Wildman–Crippen MR) is 113 cm³/mol. The number of ether oxygens (including phenoxy) is 2. The van der Waals surface area contributed by atoms with Crippen molar-refractivity contribution in [3.63, 3.8) is 0 Å². The third kappa shape index (κ3) is 5.17. The molecule has 1 heterocycles. The van der Waals surface area contributed by atoms with E-state index in [0.717, 1.165) is 22.4 Å². The molecule has 158 valence electrons. The number of aryl methyl sites for hydroxylation is 1. The minimum atomic E-state index is -0.662. The number of aromatic nitrogens is 2. The summed E-state index contributed by atoms with van der Waals surface area (Å²) in [6.07, 6.45) is -0.662. The van der Waals surface area contributed by atoms with Gasteiger partial charge in [-0.1, -0.05) is 43.3 Å². The van der Waals surface area contributed by atoms with E-state index in [4.69, 9.17) is 14.0 Å². The van der Waals surface area contributed by atoms with Crippen molar-refractivity contribution >= 4 is 5.91 Å². The molecule has 0 aliphatic carbocycles. The van der Waals surface area contributed by atoms with Crippen molar-refractivity contribution in [3.8, 4) is 22.9 Å². The molecule has 7 nitrogen and oxygen atoms in total. The molecule has 0 aliphatic rings. The Morgan fingerprint density at radius 1 is 1.17 bits per heavy atom. The fourth-order valence-electron chi connectivity index (χ4n) is 2.98. The maximum atomic E-state index is 12.5. The first-order valence-corrected chi connectivity index (χ1v) is 9.89. The molecule has 0 saturated carbocycles. The van der Waals surface area contributed by atoms with Crippen LogP contribution in [0, 0.1) is 6.92 Å². The van der Waals surface area contributed by atoms with Gasteiger partial charge < -0.3 is 19.3 Å². The van der Waals surface area contributed by atoms with Crippen LogP contribution in [0.2, 0.25) is 0 Å². The Morgan fingerprint density at radius 3 is 2.70 bits per heavy atom. The topological polar surface area (TPSA) is 86.5 Å². The van der Waals surface area contributed by atoms with E-state index in [1.165, 1.54) is 0 Å². The summed E-state index contributed by atoms with van der Waals surface area (Å²) in [7, 11) is 1.60. The van der Waals surface area contributed by atoms with Crippen molar-refractivity contribution in [2.24, 2.45) is 0 Å². The molecule has 3 aromatic rings. The summed E-state index contributed by atoms with van der Waals surface area (Å²) in [5, 5.41) is 6.75. The Morgan fingerprint density at radius 2 is 1.97 bits per heavy atom. The van der Waals surface area contributed by atoms with Gasteiger partial charge in [0.2, 0.25) is 11.7 Å². The molecule has 1 N–H and O–H groups in total. The molecule has 3 rings (SSSR count). The van der Waals surface area contributed by atoms with Gasteiger partial charge in [0.05, 0.1) is 13.7 Å². The van der Waals surface area contributed by atoms with E-state index in [2.05, 4.69) is 29.3 Å². The highest BCUT2D eigenvalue weighted by atomic mass is 16.5. The highest BCUT2D eigenvalue weighted by molar-refractivity contribution is 5.80. The van der Waals surface area contributed by atoms with Gasteiger partial charge in [-0.2, -0.15) is 4.98 Å². The Hall–Kier alpha value is -3.35. The quantitative estimate of drug-likeness (QED) is 0.598. The molecule has 0 fully saturated rings. The molecule has 1 aromatic heterocycles. The van der Waals surface area contributed by atoms with Crippen LogP contribution in [0.4, 0.5) is 0 Å². The molecule has 1 amide bonds. The lowest BCUT2D eigenvalue weighted by Crippen LogP contribution is -2.36. The lowest BCUT2D eigenvalue weighted by Gasteiger charge is -2.19. The monoisotopic (exact) mass is 409 g/mol. The summed E-state index contributed by atoms with van der Waals surface area (Å²) in [6, 6.07) is 13.4. The van der Waals surface area contributed by atoms with Gasteiger partial charge in [-0.05, 0) is 49.1 Å². The number of hydrogen-bond acceptors (Lipinski definition) is 6. The van der Waals surface area contributed by atoms with E-state index in [1.54, 1.807) is 14.0 Å². The van der Waals surface area contributed by atoms with Gasteiger partial charge in [-0.25, -0.2) is 0 Å². The normalized spacial score (nSPS) is 11.9. The van der Waals surface area contributed by atoms with Gasteiger partial charge in [-0.3, -0.25) is 4.79 Å². The Balaban J connectivity index is 1.61. The number of nitrogens with zero attached hydrogens (tertiary/aromatic N) is 2. The lowest BCUT2D eigenvalue weighted by molar-refractivity contribution is -0.127. The zero-order valence-corrected chi connectivity index (χ0v) is 17.9. The zero-order valence-electron chi connectivity index (χ0n) is 17.9. The molecule has 0 bridgehead atoms. The second-order valence-electron chi connectivity index (χ2n) is 7.42. The highest BCUT2D eigenvalue weighted by Crippen LogP contribution is 2.28. The maximum Gasteiger partial charge on any atom is 0.261 e. The zero-order chi connectivity index (χ0) is 21.7. The van der Waals surface area contributed by atoms with E-state index in [0.29, 0.717) is 23.4 Å². The van der Waals surface area contributed by atoms with Crippen LogP contribution < -0.4 is 14.8 Å². The molecule has 2 aromatic carbocycles. The lowest BCUT2D eigenvalue weighted by atomic mass is 10.0. The minimum Gasteiger partial charge on any atom is -0.497 e. The van der Waals surface area contributed by atoms with E-state index < -0.39 is 6.10 Å². The smallest absolute Gasteiger partial charge is 0.261 e. The highest BCUT2D eigenvalue weighted by Gasteiger charge is 2.19. The average Bonchev–Trinajstić information content (AvgIpc) is 3.21. The number of carbonyl (C=O) groups excluding carboxylic acids is 1. The molecule has 0 saturated heterocycles. The largest absolute Gasteiger partial charge is 0.497 e. The molecular formula is C23H27N3O4. The molecule has 0 aliphatic heterocycles. The third-order valence-corrected chi connectivity index (χ3v) is 4.67. The van der Waals surface area contributed by atoms with Gasteiger partial charge in [0.1, 0.15) is 11.5 Å². The van der Waals surface area contributed by atoms with E-state index in [9.17, 15) is 4.79 Å². The summed E-state index contributed by atoms with van der Waals surface area (Å²) < 4.78 is 16.4. The van der Waals surface area contributed by atoms with Gasteiger partial charge in [0, 0.05) is 5.56 Å². The second kappa shape index (κ2) is 9.43. The van der Waals surface area contributed by atoms with Crippen LogP contribution in [0.25, 0.3) is 11.4 Å². The maximum absolute atomic E-state index is 12.5. The van der Waals surface area contributed by atoms with Crippen LogP contribution in [0.1, 0.15) is 43.7 Å². The molecule has 0 unspecified atom stereocenters. The molecule has 1 atom stereocenters. The van der Waals surface area contributed by atoms with Crippen molar-refractivity contribution in [2.45, 2.75) is 46.3 Å². The van der Waals surface area contributed by atoms with E-state index in [1.807, 2.05) is 49.4 Å². The Bertz CT molecular complexity index is 1010. The van der Waals surface area contributed by atoms with Crippen molar-refractivity contribution in [1.82, 2.24) is 15.5 Å². The van der Waals surface area contributed by atoms with Crippen LogP contribution in [-0.2, 0) is 11.3 Å². The van der Waals surface area contributed by atoms with Crippen LogP contribution in [-0.4, -0.2) is 29.3 Å². The second-order valence-corrected chi connectivity index (χ2v) is 7.42. The number of benzene rings is 2. The number of carbonyl (C=O) groups is 1. The van der Waals surface area contributed by atoms with Gasteiger partial charge >= 0.3 is 0 Å². The molecular weight excluding hydrogens is 382 g/mol. The van der Waals surface area contributed by atoms with Gasteiger partial charge in [-0.15, -0.1) is 0 Å². The van der Waals surface area contributed by atoms with E-state index >= 15 is 0 Å². The van der Waals surface area contributed by atoms with Crippen LogP contribution in [0.3, 0.4) is 0 Å². The van der Waals surface area contributed by atoms with Crippen molar-refractivity contribution in [1.29, 1.82) is 0 Å². The third-order valence-electron chi connectivity index (χ3n) is 4.67. The van der Waals surface area contributed by atoms with Crippen molar-refractivity contribution in [2.75, 3.05) is 7.11 Å². The van der Waals surface area contributed by atoms with Crippen molar-refractivity contribution in [3.05, 3.63) is 59.5 Å². The number of rotatable bonds is 8. The first-order valence-electron chi connectivity index (χ1n) is 9.89. The molecule has 7 heteroatoms. The number of hydrogen-bond donors (Lipinski definition) is 1. The number of nitrogens with one attached hydrogen (secondary N) is 1. The first kappa shape index (κ1) is 21.4. The van der Waals surface area contributed by atoms with Gasteiger partial charge in [0.15, 0.2) is 6.10 Å². The summed E-state index contributed by atoms with van der Waals surface area (Å²) in [5.74, 6) is 2.22. The van der Waals surface area contributed by atoms with Crippen LogP contribution in [0.5, 0.6) is 11.5 Å². The number of amides is 1. The van der Waals surface area contributed by atoms with Crippen LogP contribution >= 0.6 is 0 Å². The molecule has 30 heavy (non-hydrogen) atoms. The standard InChI is InChI=1S/C23H27N3O4/c1-14(2)19-10-9-15(3)11-20(19)29-16(4)23(27)24-13-21-25-22(26-30-21)17-7-6-8-18(12-17)28-5/h6-12,14,16H,13H2,1-5H3,(H,24,27)/t16-/m0/s1.